The van der Waals surface area contributed by atoms with Gasteiger partial charge in [-0.2, -0.15) is 0 Å². The molecule has 1 rings (SSSR count). The van der Waals surface area contributed by atoms with Crippen LogP contribution in [0.25, 0.3) is 0 Å². The van der Waals surface area contributed by atoms with Crippen molar-refractivity contribution in [3.8, 4) is 0 Å². The summed E-state index contributed by atoms with van der Waals surface area (Å²) in [4.78, 5) is 0. The van der Waals surface area contributed by atoms with E-state index >= 15 is 0 Å². The molecule has 0 aliphatic heterocycles. The van der Waals surface area contributed by atoms with Gasteiger partial charge in [-0.05, 0) is 32.1 Å². The smallest absolute Gasteiger partial charge is 0.234 e. The number of hydrogen-bond acceptors (Lipinski definition) is 0. The van der Waals surface area contributed by atoms with Gasteiger partial charge in [0.05, 0.1) is 13.1 Å². The van der Waals surface area contributed by atoms with Crippen LogP contribution in [0, 0.1) is 0 Å². The molecule has 0 spiro atoms. The van der Waals surface area contributed by atoms with E-state index in [0.29, 0.717) is 0 Å². The predicted molar refractivity (Wildman–Crippen MR) is 156 cm³/mol. The predicted octanol–water partition coefficient (Wildman–Crippen LogP) is 10.7. The first-order chi connectivity index (χ1) is 17.3. The Labute approximate surface area is 221 Å². The van der Waals surface area contributed by atoms with Gasteiger partial charge in [0.2, 0.25) is 0 Å². The van der Waals surface area contributed by atoms with Crippen LogP contribution >= 0.6 is 0 Å². The number of unbranched alkanes of at least 4 members (excludes halogenated alkanes) is 21. The quantitative estimate of drug-likeness (QED) is 0.0858. The van der Waals surface area contributed by atoms with Crippen molar-refractivity contribution < 1.29 is 4.57 Å². The van der Waals surface area contributed by atoms with Crippen LogP contribution in [-0.4, -0.2) is 4.57 Å². The molecular weight excluding hydrogens is 424 g/mol. The van der Waals surface area contributed by atoms with Crippen molar-refractivity contribution in [2.24, 2.45) is 0 Å². The lowest BCUT2D eigenvalue weighted by molar-refractivity contribution is -0.704. The van der Waals surface area contributed by atoms with Crippen LogP contribution < -0.4 is 4.57 Å². The summed E-state index contributed by atoms with van der Waals surface area (Å²) in [5, 5.41) is 0. The highest BCUT2D eigenvalue weighted by Gasteiger charge is 2.16. The fourth-order valence-corrected chi connectivity index (χ4v) is 5.44. The van der Waals surface area contributed by atoms with Crippen LogP contribution in [0.4, 0.5) is 0 Å². The molecule has 2 heteroatoms. The molecule has 1 aromatic heterocycles. The van der Waals surface area contributed by atoms with Crippen molar-refractivity contribution in [3.63, 3.8) is 0 Å². The van der Waals surface area contributed by atoms with Gasteiger partial charge in [0, 0.05) is 6.42 Å². The highest BCUT2D eigenvalue weighted by atomic mass is 15.1. The highest BCUT2D eigenvalue weighted by Crippen LogP contribution is 2.14. The zero-order valence-electron chi connectivity index (χ0n) is 24.6. The summed E-state index contributed by atoms with van der Waals surface area (Å²) < 4.78 is 5.15. The van der Waals surface area contributed by atoms with E-state index in [1.165, 1.54) is 174 Å². The standard InChI is InChI=1S/C33H65N2/c1-4-7-10-12-13-14-15-16-17-18-19-20-21-22-23-24-27-30-35-32-31-34(29-26-11-8-5-2)33(35)28-25-9-6-3/h31-32H,4-30H2,1-3H3/q+1. The van der Waals surface area contributed by atoms with Crippen LogP contribution in [0.1, 0.15) is 181 Å². The molecule has 0 saturated heterocycles. The van der Waals surface area contributed by atoms with E-state index in [1.807, 2.05) is 0 Å². The molecule has 0 unspecified atom stereocenters. The summed E-state index contributed by atoms with van der Waals surface area (Å²) in [6.07, 6.45) is 40.1. The molecule has 0 radical (unpaired) electrons. The van der Waals surface area contributed by atoms with Crippen LogP contribution in [-0.2, 0) is 19.5 Å². The third-order valence-electron chi connectivity index (χ3n) is 7.85. The zero-order chi connectivity index (χ0) is 25.2. The van der Waals surface area contributed by atoms with Gasteiger partial charge in [0.25, 0.3) is 5.82 Å². The van der Waals surface area contributed by atoms with Crippen LogP contribution in [0.5, 0.6) is 0 Å². The Kier molecular flexibility index (Phi) is 22.9. The normalized spacial score (nSPS) is 11.5. The van der Waals surface area contributed by atoms with Crippen molar-refractivity contribution in [2.75, 3.05) is 0 Å². The van der Waals surface area contributed by atoms with Crippen LogP contribution in [0.15, 0.2) is 12.4 Å². The Hall–Kier alpha value is -0.790. The number of aryl methyl sites for hydroxylation is 2. The van der Waals surface area contributed by atoms with Gasteiger partial charge in [-0.15, -0.1) is 0 Å². The first-order valence-corrected chi connectivity index (χ1v) is 16.4. The molecule has 0 aliphatic rings. The average molecular weight is 490 g/mol. The lowest BCUT2D eigenvalue weighted by atomic mass is 10.0. The Morgan fingerprint density at radius 1 is 0.486 bits per heavy atom. The van der Waals surface area contributed by atoms with Crippen molar-refractivity contribution in [1.82, 2.24) is 4.57 Å². The Bertz CT molecular complexity index is 547. The van der Waals surface area contributed by atoms with E-state index in [4.69, 9.17) is 0 Å². The Balaban J connectivity index is 2.04. The van der Waals surface area contributed by atoms with Gasteiger partial charge in [-0.25, -0.2) is 9.13 Å². The van der Waals surface area contributed by atoms with Gasteiger partial charge in [0.1, 0.15) is 12.4 Å². The Morgan fingerprint density at radius 3 is 1.37 bits per heavy atom. The molecule has 1 heterocycles. The van der Waals surface area contributed by atoms with Gasteiger partial charge >= 0.3 is 0 Å². The van der Waals surface area contributed by atoms with E-state index in [9.17, 15) is 0 Å². The van der Waals surface area contributed by atoms with Crippen LogP contribution in [0.3, 0.4) is 0 Å². The molecule has 2 nitrogen and oxygen atoms in total. The molecule has 0 aliphatic carbocycles. The van der Waals surface area contributed by atoms with Crippen molar-refractivity contribution in [1.29, 1.82) is 0 Å². The first kappa shape index (κ1) is 32.2. The maximum absolute atomic E-state index is 2.58. The second-order valence-corrected chi connectivity index (χ2v) is 11.3. The second kappa shape index (κ2) is 24.9. The van der Waals surface area contributed by atoms with E-state index in [0.717, 1.165) is 0 Å². The third kappa shape index (κ3) is 18.2. The molecule has 0 amide bonds. The van der Waals surface area contributed by atoms with Crippen molar-refractivity contribution in [3.05, 3.63) is 18.2 Å². The summed E-state index contributed by atoms with van der Waals surface area (Å²) in [5.74, 6) is 1.59. The first-order valence-electron chi connectivity index (χ1n) is 16.4. The molecule has 0 aromatic carbocycles. The SMILES string of the molecule is CCCCCCCCCCCCCCCCCCC[n+]1ccn(CCCCCC)c1CCCCC. The lowest BCUT2D eigenvalue weighted by Gasteiger charge is -2.06. The summed E-state index contributed by atoms with van der Waals surface area (Å²) in [5.41, 5.74) is 0. The minimum absolute atomic E-state index is 1.22. The molecule has 0 N–H and O–H groups in total. The van der Waals surface area contributed by atoms with E-state index < -0.39 is 0 Å². The van der Waals surface area contributed by atoms with E-state index in [-0.39, 0.29) is 0 Å². The number of aromatic nitrogens is 2. The average Bonchev–Trinajstić information content (AvgIpc) is 3.25. The van der Waals surface area contributed by atoms with Crippen molar-refractivity contribution >= 4 is 0 Å². The molecule has 0 saturated carbocycles. The maximum Gasteiger partial charge on any atom is 0.256 e. The minimum atomic E-state index is 1.22. The third-order valence-corrected chi connectivity index (χ3v) is 7.85. The second-order valence-electron chi connectivity index (χ2n) is 11.3. The molecular formula is C33H65N2+. The number of hydrogen-bond donors (Lipinski definition) is 0. The van der Waals surface area contributed by atoms with Gasteiger partial charge in [0.15, 0.2) is 0 Å². The minimum Gasteiger partial charge on any atom is -0.234 e. The fourth-order valence-electron chi connectivity index (χ4n) is 5.44. The zero-order valence-corrected chi connectivity index (χ0v) is 24.6. The van der Waals surface area contributed by atoms with E-state index in [1.54, 1.807) is 5.82 Å². The number of nitrogens with zero attached hydrogens (tertiary/aromatic N) is 2. The molecule has 206 valence electrons. The van der Waals surface area contributed by atoms with E-state index in [2.05, 4.69) is 42.3 Å². The molecule has 35 heavy (non-hydrogen) atoms. The highest BCUT2D eigenvalue weighted by molar-refractivity contribution is 4.84. The monoisotopic (exact) mass is 490 g/mol. The lowest BCUT2D eigenvalue weighted by Crippen LogP contribution is -2.37. The summed E-state index contributed by atoms with van der Waals surface area (Å²) in [7, 11) is 0. The van der Waals surface area contributed by atoms with Crippen molar-refractivity contribution in [2.45, 2.75) is 194 Å². The molecule has 0 bridgehead atoms. The van der Waals surface area contributed by atoms with Gasteiger partial charge in [-0.1, -0.05) is 143 Å². The fraction of sp³-hybridized carbons (Fsp3) is 0.909. The summed E-state index contributed by atoms with van der Waals surface area (Å²) in [6.45, 7) is 9.36. The number of rotatable bonds is 27. The summed E-state index contributed by atoms with van der Waals surface area (Å²) in [6, 6.07) is 0. The van der Waals surface area contributed by atoms with Gasteiger partial charge < -0.3 is 0 Å². The maximum atomic E-state index is 2.58. The molecule has 1 aromatic rings. The molecule has 0 atom stereocenters. The van der Waals surface area contributed by atoms with Gasteiger partial charge in [-0.3, -0.25) is 0 Å². The largest absolute Gasteiger partial charge is 0.256 e. The Morgan fingerprint density at radius 2 is 0.886 bits per heavy atom. The summed E-state index contributed by atoms with van der Waals surface area (Å²) >= 11 is 0. The molecule has 0 fully saturated rings. The number of imidazole rings is 1. The van der Waals surface area contributed by atoms with Crippen LogP contribution in [0.2, 0.25) is 0 Å². The topological polar surface area (TPSA) is 8.81 Å².